The van der Waals surface area contributed by atoms with Gasteiger partial charge >= 0.3 is 0 Å². The first-order valence-corrected chi connectivity index (χ1v) is 16.2. The molecule has 0 saturated carbocycles. The van der Waals surface area contributed by atoms with Crippen LogP contribution in [0.4, 0.5) is 0 Å². The third-order valence-corrected chi connectivity index (χ3v) is 11.3. The second-order valence-corrected chi connectivity index (χ2v) is 14.8. The van der Waals surface area contributed by atoms with Gasteiger partial charge in [0, 0.05) is 27.6 Å². The first-order valence-electron chi connectivity index (χ1n) is 13.2. The molecule has 0 saturated heterocycles. The highest BCUT2D eigenvalue weighted by atomic mass is 28.3. The molecule has 2 aromatic heterocycles. The lowest BCUT2D eigenvalue weighted by molar-refractivity contribution is 0.584. The topological polar surface area (TPSA) is 43.9 Å². The van der Waals surface area contributed by atoms with Crippen molar-refractivity contribution in [2.75, 3.05) is 0 Å². The Morgan fingerprint density at radius 3 is 1.54 bits per heavy atom. The molecule has 5 aromatic carbocycles. The Labute approximate surface area is 228 Å². The van der Waals surface area contributed by atoms with E-state index in [0.717, 1.165) is 11.1 Å². The maximum absolute atomic E-state index is 5.96. The van der Waals surface area contributed by atoms with Crippen LogP contribution in [0.3, 0.4) is 0 Å². The molecule has 7 rings (SSSR count). The summed E-state index contributed by atoms with van der Waals surface area (Å²) in [6.45, 7) is 4.80. The van der Waals surface area contributed by atoms with Crippen LogP contribution in [0.25, 0.3) is 50.4 Å². The van der Waals surface area contributed by atoms with Gasteiger partial charge in [-0.05, 0) is 48.5 Å². The molecule has 0 spiro atoms. The molecule has 0 atom stereocenters. The molecule has 188 valence electrons. The third-order valence-electron chi connectivity index (χ3n) is 7.73. The quantitative estimate of drug-likeness (QED) is 0.223. The van der Waals surface area contributed by atoms with Crippen molar-refractivity contribution in [1.82, 2.24) is 14.8 Å². The lowest BCUT2D eigenvalue weighted by Crippen LogP contribution is -2.52. The maximum atomic E-state index is 5.96. The predicted molar refractivity (Wildman–Crippen MR) is 163 cm³/mol. The Kier molecular flexibility index (Phi) is 5.53. The number of fused-ring (bicyclic) bond motifs is 3. The molecule has 0 aliphatic heterocycles. The van der Waals surface area contributed by atoms with Crippen molar-refractivity contribution in [3.05, 3.63) is 127 Å². The van der Waals surface area contributed by atoms with Gasteiger partial charge in [-0.3, -0.25) is 0 Å². The minimum absolute atomic E-state index is 0.535. The van der Waals surface area contributed by atoms with Gasteiger partial charge < -0.3 is 8.98 Å². The fourth-order valence-electron chi connectivity index (χ4n) is 5.46. The van der Waals surface area contributed by atoms with E-state index in [2.05, 4.69) is 125 Å². The number of benzene rings is 5. The van der Waals surface area contributed by atoms with Gasteiger partial charge in [0.25, 0.3) is 0 Å². The fraction of sp³-hybridized carbons (Fsp3) is 0.0588. The van der Waals surface area contributed by atoms with E-state index in [1.54, 1.807) is 0 Å². The smallest absolute Gasteiger partial charge is 0.248 e. The molecule has 7 aromatic rings. The molecule has 2 heterocycles. The van der Waals surface area contributed by atoms with Crippen LogP contribution in [-0.4, -0.2) is 22.8 Å². The number of aromatic nitrogens is 3. The van der Waals surface area contributed by atoms with Crippen molar-refractivity contribution in [2.24, 2.45) is 0 Å². The van der Waals surface area contributed by atoms with Crippen molar-refractivity contribution in [3.8, 4) is 28.6 Å². The molecule has 4 nitrogen and oxygen atoms in total. The first-order chi connectivity index (χ1) is 19.1. The second kappa shape index (κ2) is 9.22. The highest BCUT2D eigenvalue weighted by Gasteiger charge is 2.26. The van der Waals surface area contributed by atoms with Crippen LogP contribution in [0, 0.1) is 0 Å². The zero-order valence-corrected chi connectivity index (χ0v) is 22.9. The van der Waals surface area contributed by atoms with Crippen LogP contribution in [0.5, 0.6) is 0 Å². The molecule has 0 amide bonds. The average molecular weight is 522 g/mol. The Morgan fingerprint density at radius 2 is 0.974 bits per heavy atom. The summed E-state index contributed by atoms with van der Waals surface area (Å²) >= 11 is 0. The van der Waals surface area contributed by atoms with Gasteiger partial charge in [-0.15, -0.1) is 10.2 Å². The van der Waals surface area contributed by atoms with Crippen molar-refractivity contribution in [3.63, 3.8) is 0 Å². The second-order valence-electron chi connectivity index (χ2n) is 10.4. The maximum Gasteiger partial charge on any atom is 0.248 e. The van der Waals surface area contributed by atoms with Gasteiger partial charge in [-0.1, -0.05) is 102 Å². The number of nitrogens with zero attached hydrogens (tertiary/aromatic N) is 3. The summed E-state index contributed by atoms with van der Waals surface area (Å²) in [6.07, 6.45) is 0. The standard InChI is InChI=1S/C34H27N3OSi/c1-39(2,27-20-16-25(17-21-27)34-36-35-33(38-34)24-10-4-3-5-11-24)28-22-18-26(19-23-28)37-31-14-8-6-12-29(31)30-13-7-9-15-32(30)37/h3-23H,1-2H3. The molecule has 39 heavy (non-hydrogen) atoms. The average Bonchev–Trinajstić information content (AvgIpc) is 3.62. The highest BCUT2D eigenvalue weighted by molar-refractivity contribution is 7.00. The molecule has 5 heteroatoms. The zero-order chi connectivity index (χ0) is 26.4. The van der Waals surface area contributed by atoms with E-state index >= 15 is 0 Å². The van der Waals surface area contributed by atoms with Gasteiger partial charge in [0.15, 0.2) is 0 Å². The molecule has 0 radical (unpaired) electrons. The lowest BCUT2D eigenvalue weighted by Gasteiger charge is -2.24. The van der Waals surface area contributed by atoms with Gasteiger partial charge in [0.05, 0.1) is 11.0 Å². The minimum Gasteiger partial charge on any atom is -0.416 e. The minimum atomic E-state index is -1.92. The Morgan fingerprint density at radius 1 is 0.513 bits per heavy atom. The summed E-state index contributed by atoms with van der Waals surface area (Å²) in [4.78, 5) is 0. The van der Waals surface area contributed by atoms with Crippen molar-refractivity contribution in [1.29, 1.82) is 0 Å². The summed E-state index contributed by atoms with van der Waals surface area (Å²) in [7, 11) is -1.92. The molecule has 0 N–H and O–H groups in total. The van der Waals surface area contributed by atoms with Crippen LogP contribution in [0.1, 0.15) is 0 Å². The number of hydrogen-bond acceptors (Lipinski definition) is 3. The normalized spacial score (nSPS) is 11.8. The van der Waals surface area contributed by atoms with E-state index in [1.807, 2.05) is 30.3 Å². The Balaban J connectivity index is 1.19. The summed E-state index contributed by atoms with van der Waals surface area (Å²) in [5.74, 6) is 1.07. The zero-order valence-electron chi connectivity index (χ0n) is 21.9. The summed E-state index contributed by atoms with van der Waals surface area (Å²) in [5, 5.41) is 13.8. The molecule has 0 aliphatic rings. The van der Waals surface area contributed by atoms with E-state index < -0.39 is 8.07 Å². The van der Waals surface area contributed by atoms with Crippen LogP contribution in [0.2, 0.25) is 13.1 Å². The van der Waals surface area contributed by atoms with Gasteiger partial charge in [-0.25, -0.2) is 0 Å². The van der Waals surface area contributed by atoms with E-state index in [-0.39, 0.29) is 0 Å². The number of hydrogen-bond donors (Lipinski definition) is 0. The largest absolute Gasteiger partial charge is 0.416 e. The molecule has 0 aliphatic carbocycles. The molecule has 0 fully saturated rings. The van der Waals surface area contributed by atoms with Crippen molar-refractivity contribution in [2.45, 2.75) is 13.1 Å². The van der Waals surface area contributed by atoms with Crippen molar-refractivity contribution < 1.29 is 4.42 Å². The van der Waals surface area contributed by atoms with Crippen LogP contribution < -0.4 is 10.4 Å². The third kappa shape index (κ3) is 3.99. The van der Waals surface area contributed by atoms with E-state index in [1.165, 1.54) is 37.9 Å². The SMILES string of the molecule is C[Si](C)(c1ccc(-c2nnc(-c3ccccc3)o2)cc1)c1ccc(-n2c3ccccc3c3ccccc32)cc1. The van der Waals surface area contributed by atoms with Crippen LogP contribution >= 0.6 is 0 Å². The monoisotopic (exact) mass is 521 g/mol. The summed E-state index contributed by atoms with van der Waals surface area (Å²) < 4.78 is 8.33. The van der Waals surface area contributed by atoms with Gasteiger partial charge in [0.1, 0.15) is 8.07 Å². The number of rotatable bonds is 5. The van der Waals surface area contributed by atoms with E-state index in [0.29, 0.717) is 11.8 Å². The first kappa shape index (κ1) is 23.4. The van der Waals surface area contributed by atoms with Gasteiger partial charge in [0.2, 0.25) is 11.8 Å². The Hall–Kier alpha value is -4.74. The molecule has 0 unspecified atom stereocenters. The lowest BCUT2D eigenvalue weighted by atomic mass is 10.2. The van der Waals surface area contributed by atoms with Crippen LogP contribution in [-0.2, 0) is 0 Å². The predicted octanol–water partition coefficient (Wildman–Crippen LogP) is 7.32. The van der Waals surface area contributed by atoms with Crippen molar-refractivity contribution >= 4 is 40.3 Å². The van der Waals surface area contributed by atoms with Crippen LogP contribution in [0.15, 0.2) is 132 Å². The Bertz CT molecular complexity index is 1860. The fourth-order valence-corrected chi connectivity index (χ4v) is 7.79. The number of para-hydroxylation sites is 2. The molecule has 0 bridgehead atoms. The molecular weight excluding hydrogens is 494 g/mol. The highest BCUT2D eigenvalue weighted by Crippen LogP contribution is 2.31. The van der Waals surface area contributed by atoms with E-state index in [4.69, 9.17) is 4.42 Å². The van der Waals surface area contributed by atoms with E-state index in [9.17, 15) is 0 Å². The van der Waals surface area contributed by atoms with Gasteiger partial charge in [-0.2, -0.15) is 0 Å². The molecular formula is C34H27N3OSi. The summed E-state index contributed by atoms with van der Waals surface area (Å²) in [5.41, 5.74) is 5.50. The summed E-state index contributed by atoms with van der Waals surface area (Å²) in [6, 6.07) is 44.9.